The highest BCUT2D eigenvalue weighted by Crippen LogP contribution is 2.30. The fraction of sp³-hybridized carbons (Fsp3) is 0.188. The summed E-state index contributed by atoms with van der Waals surface area (Å²) in [6.45, 7) is 0. The van der Waals surface area contributed by atoms with E-state index in [1.54, 1.807) is 19.2 Å². The Morgan fingerprint density at radius 1 is 1.15 bits per heavy atom. The minimum atomic E-state index is -0.693. The predicted octanol–water partition coefficient (Wildman–Crippen LogP) is 2.93. The zero-order valence-electron chi connectivity index (χ0n) is 11.4. The van der Waals surface area contributed by atoms with Crippen molar-refractivity contribution >= 4 is 5.91 Å². The molecule has 0 bridgehead atoms. The molecule has 4 heteroatoms. The molecule has 0 fully saturated rings. The molecule has 1 unspecified atom stereocenters. The second-order valence-corrected chi connectivity index (χ2v) is 4.32. The number of halogens is 1. The molecule has 0 aliphatic rings. The molecule has 2 rings (SSSR count). The van der Waals surface area contributed by atoms with Crippen LogP contribution in [0, 0.1) is 5.82 Å². The summed E-state index contributed by atoms with van der Waals surface area (Å²) >= 11 is 0. The SMILES string of the molecule is CNC(=O)C(OC)c1ccccc1-c1ccc(F)cc1. The number of ether oxygens (including phenoxy) is 1. The zero-order valence-corrected chi connectivity index (χ0v) is 11.4. The van der Waals surface area contributed by atoms with Gasteiger partial charge in [-0.25, -0.2) is 4.39 Å². The Morgan fingerprint density at radius 3 is 2.40 bits per heavy atom. The smallest absolute Gasteiger partial charge is 0.253 e. The van der Waals surface area contributed by atoms with Gasteiger partial charge < -0.3 is 10.1 Å². The van der Waals surface area contributed by atoms with E-state index >= 15 is 0 Å². The summed E-state index contributed by atoms with van der Waals surface area (Å²) in [5.74, 6) is -0.511. The number of carbonyl (C=O) groups is 1. The van der Waals surface area contributed by atoms with Crippen LogP contribution < -0.4 is 5.32 Å². The van der Waals surface area contributed by atoms with Gasteiger partial charge in [-0.3, -0.25) is 4.79 Å². The first kappa shape index (κ1) is 14.2. The lowest BCUT2D eigenvalue weighted by atomic mass is 9.95. The predicted molar refractivity (Wildman–Crippen MR) is 75.7 cm³/mol. The first-order valence-corrected chi connectivity index (χ1v) is 6.26. The van der Waals surface area contributed by atoms with Crippen molar-refractivity contribution in [1.82, 2.24) is 5.32 Å². The summed E-state index contributed by atoms with van der Waals surface area (Å²) in [4.78, 5) is 11.9. The van der Waals surface area contributed by atoms with Gasteiger partial charge in [-0.15, -0.1) is 0 Å². The second-order valence-electron chi connectivity index (χ2n) is 4.32. The third-order valence-corrected chi connectivity index (χ3v) is 3.12. The molecule has 2 aromatic carbocycles. The topological polar surface area (TPSA) is 38.3 Å². The van der Waals surface area contributed by atoms with Crippen molar-refractivity contribution < 1.29 is 13.9 Å². The van der Waals surface area contributed by atoms with E-state index in [1.807, 2.05) is 24.3 Å². The van der Waals surface area contributed by atoms with E-state index < -0.39 is 6.10 Å². The molecule has 0 radical (unpaired) electrons. The molecule has 2 aromatic rings. The Labute approximate surface area is 117 Å². The van der Waals surface area contributed by atoms with Crippen LogP contribution in [-0.4, -0.2) is 20.1 Å². The normalized spacial score (nSPS) is 11.9. The molecule has 0 saturated heterocycles. The summed E-state index contributed by atoms with van der Waals surface area (Å²) < 4.78 is 18.3. The van der Waals surface area contributed by atoms with E-state index in [0.717, 1.165) is 16.7 Å². The second kappa shape index (κ2) is 6.30. The van der Waals surface area contributed by atoms with Gasteiger partial charge in [0.15, 0.2) is 6.10 Å². The molecule has 0 aliphatic carbocycles. The number of carbonyl (C=O) groups excluding carboxylic acids is 1. The number of amides is 1. The average molecular weight is 273 g/mol. The van der Waals surface area contributed by atoms with Crippen LogP contribution in [0.4, 0.5) is 4.39 Å². The van der Waals surface area contributed by atoms with Crippen LogP contribution in [0.5, 0.6) is 0 Å². The third-order valence-electron chi connectivity index (χ3n) is 3.12. The van der Waals surface area contributed by atoms with Crippen molar-refractivity contribution in [1.29, 1.82) is 0 Å². The van der Waals surface area contributed by atoms with Crippen molar-refractivity contribution in [2.24, 2.45) is 0 Å². The molecule has 0 saturated carbocycles. The number of rotatable bonds is 4. The minimum absolute atomic E-state index is 0.220. The van der Waals surface area contributed by atoms with E-state index in [2.05, 4.69) is 5.32 Å². The molecular weight excluding hydrogens is 257 g/mol. The van der Waals surface area contributed by atoms with Crippen LogP contribution in [0.25, 0.3) is 11.1 Å². The monoisotopic (exact) mass is 273 g/mol. The maximum Gasteiger partial charge on any atom is 0.253 e. The number of likely N-dealkylation sites (N-methyl/N-ethyl adjacent to an activating group) is 1. The summed E-state index contributed by atoms with van der Waals surface area (Å²) in [6, 6.07) is 13.6. The van der Waals surface area contributed by atoms with Gasteiger partial charge in [0.25, 0.3) is 5.91 Å². The first-order valence-electron chi connectivity index (χ1n) is 6.26. The van der Waals surface area contributed by atoms with E-state index in [4.69, 9.17) is 4.74 Å². The van der Waals surface area contributed by atoms with Crippen LogP contribution in [-0.2, 0) is 9.53 Å². The maximum atomic E-state index is 13.0. The Morgan fingerprint density at radius 2 is 1.80 bits per heavy atom. The summed E-state index contributed by atoms with van der Waals surface area (Å²) in [5.41, 5.74) is 2.44. The Balaban J connectivity index is 2.49. The van der Waals surface area contributed by atoms with Crippen molar-refractivity contribution in [3.8, 4) is 11.1 Å². The van der Waals surface area contributed by atoms with Gasteiger partial charge in [0.1, 0.15) is 5.82 Å². The Hall–Kier alpha value is -2.20. The highest BCUT2D eigenvalue weighted by Gasteiger charge is 2.21. The van der Waals surface area contributed by atoms with Crippen LogP contribution in [0.3, 0.4) is 0 Å². The van der Waals surface area contributed by atoms with Gasteiger partial charge in [-0.1, -0.05) is 36.4 Å². The van der Waals surface area contributed by atoms with Crippen molar-refractivity contribution in [3.63, 3.8) is 0 Å². The molecular formula is C16H16FNO2. The van der Waals surface area contributed by atoms with Crippen molar-refractivity contribution in [3.05, 3.63) is 59.9 Å². The largest absolute Gasteiger partial charge is 0.367 e. The lowest BCUT2D eigenvalue weighted by Crippen LogP contribution is -2.27. The zero-order chi connectivity index (χ0) is 14.5. The Bertz CT molecular complexity index is 596. The number of nitrogens with one attached hydrogen (secondary N) is 1. The Kier molecular flexibility index (Phi) is 4.48. The van der Waals surface area contributed by atoms with Crippen molar-refractivity contribution in [2.75, 3.05) is 14.2 Å². The average Bonchev–Trinajstić information content (AvgIpc) is 2.49. The number of benzene rings is 2. The van der Waals surface area contributed by atoms with E-state index in [-0.39, 0.29) is 11.7 Å². The van der Waals surface area contributed by atoms with E-state index in [1.165, 1.54) is 19.2 Å². The summed E-state index contributed by atoms with van der Waals surface area (Å²) in [6.07, 6.45) is -0.693. The third kappa shape index (κ3) is 2.86. The number of hydrogen-bond acceptors (Lipinski definition) is 2. The fourth-order valence-corrected chi connectivity index (χ4v) is 2.12. The lowest BCUT2D eigenvalue weighted by Gasteiger charge is -2.18. The quantitative estimate of drug-likeness (QED) is 0.930. The molecule has 0 heterocycles. The molecule has 1 amide bonds. The molecule has 1 atom stereocenters. The number of hydrogen-bond donors (Lipinski definition) is 1. The molecule has 1 N–H and O–H groups in total. The fourth-order valence-electron chi connectivity index (χ4n) is 2.12. The van der Waals surface area contributed by atoms with Gasteiger partial charge >= 0.3 is 0 Å². The molecule has 0 aromatic heterocycles. The molecule has 104 valence electrons. The summed E-state index contributed by atoms with van der Waals surface area (Å²) in [5, 5.41) is 2.58. The van der Waals surface area contributed by atoms with Crippen LogP contribution in [0.1, 0.15) is 11.7 Å². The number of methoxy groups -OCH3 is 1. The van der Waals surface area contributed by atoms with Gasteiger partial charge in [-0.2, -0.15) is 0 Å². The maximum absolute atomic E-state index is 13.0. The highest BCUT2D eigenvalue weighted by molar-refractivity contribution is 5.85. The van der Waals surface area contributed by atoms with Crippen LogP contribution in [0.15, 0.2) is 48.5 Å². The van der Waals surface area contributed by atoms with E-state index in [9.17, 15) is 9.18 Å². The van der Waals surface area contributed by atoms with Gasteiger partial charge in [0.05, 0.1) is 0 Å². The molecule has 20 heavy (non-hydrogen) atoms. The van der Waals surface area contributed by atoms with Crippen LogP contribution >= 0.6 is 0 Å². The molecule has 3 nitrogen and oxygen atoms in total. The van der Waals surface area contributed by atoms with E-state index in [0.29, 0.717) is 0 Å². The summed E-state index contributed by atoms with van der Waals surface area (Å²) in [7, 11) is 3.05. The molecule has 0 aliphatic heterocycles. The standard InChI is InChI=1S/C16H16FNO2/c1-18-16(19)15(20-2)14-6-4-3-5-13(14)11-7-9-12(17)10-8-11/h3-10,15H,1-2H3,(H,18,19). The van der Waals surface area contributed by atoms with Gasteiger partial charge in [-0.05, 0) is 28.8 Å². The van der Waals surface area contributed by atoms with Crippen LogP contribution in [0.2, 0.25) is 0 Å². The van der Waals surface area contributed by atoms with Crippen molar-refractivity contribution in [2.45, 2.75) is 6.10 Å². The first-order chi connectivity index (χ1) is 9.67. The lowest BCUT2D eigenvalue weighted by molar-refractivity contribution is -0.130. The van der Waals surface area contributed by atoms with Gasteiger partial charge in [0.2, 0.25) is 0 Å². The van der Waals surface area contributed by atoms with Gasteiger partial charge in [0, 0.05) is 14.2 Å². The highest BCUT2D eigenvalue weighted by atomic mass is 19.1. The molecule has 0 spiro atoms. The minimum Gasteiger partial charge on any atom is -0.367 e.